The summed E-state index contributed by atoms with van der Waals surface area (Å²) in [6.45, 7) is 6.55. The number of rotatable bonds is 6. The van der Waals surface area contributed by atoms with Gasteiger partial charge < -0.3 is 24.8 Å². The van der Waals surface area contributed by atoms with Crippen molar-refractivity contribution >= 4 is 16.8 Å². The number of nitrogens with one attached hydrogen (secondary N) is 1. The zero-order valence-corrected chi connectivity index (χ0v) is 29.7. The first-order chi connectivity index (χ1) is 24.1. The lowest BCUT2D eigenvalue weighted by molar-refractivity contribution is -0.0870. The fourth-order valence-electron chi connectivity index (χ4n) is 9.24. The van der Waals surface area contributed by atoms with Crippen LogP contribution in [0.5, 0.6) is 5.75 Å². The predicted molar refractivity (Wildman–Crippen MR) is 197 cm³/mol. The number of benzene rings is 3. The van der Waals surface area contributed by atoms with Crippen molar-refractivity contribution in [2.24, 2.45) is 5.41 Å². The summed E-state index contributed by atoms with van der Waals surface area (Å²) >= 11 is 0. The van der Waals surface area contributed by atoms with Crippen molar-refractivity contribution in [3.63, 3.8) is 0 Å². The van der Waals surface area contributed by atoms with Crippen LogP contribution in [-0.4, -0.2) is 68.9 Å². The first kappa shape index (κ1) is 34.5. The van der Waals surface area contributed by atoms with Gasteiger partial charge in [0.1, 0.15) is 5.75 Å². The molecule has 0 radical (unpaired) electrons. The number of ketones is 1. The predicted octanol–water partition coefficient (Wildman–Crippen LogP) is 6.94. The molecule has 2 heterocycles. The Morgan fingerprint density at radius 3 is 2.52 bits per heavy atom. The topological polar surface area (TPSA) is 108 Å². The number of carbonyl (C=O) groups excluding carboxylic acids is 1. The van der Waals surface area contributed by atoms with Gasteiger partial charge in [0.2, 0.25) is 0 Å². The SMILES string of the molecule is COc1ccc(C(=O)c2cc3ccc2[C@@H]2CC[C@@](O)(CN4CCC(n5c(=O)[nH]c6ccccc65)CC4)[C@@]2(C)CCC=C(C)CC[C@H](O)C3)cc1. The number of hydrogen-bond acceptors (Lipinski definition) is 6. The van der Waals surface area contributed by atoms with E-state index >= 15 is 0 Å². The Labute approximate surface area is 294 Å². The second kappa shape index (κ2) is 14.0. The molecule has 3 N–H and O–H groups in total. The second-order valence-electron chi connectivity index (χ2n) is 15.3. The van der Waals surface area contributed by atoms with Gasteiger partial charge in [-0.3, -0.25) is 9.36 Å². The largest absolute Gasteiger partial charge is 0.497 e. The molecule has 8 nitrogen and oxygen atoms in total. The van der Waals surface area contributed by atoms with E-state index in [0.717, 1.165) is 73.8 Å². The van der Waals surface area contributed by atoms with Crippen LogP contribution in [0.15, 0.2) is 83.2 Å². The average molecular weight is 678 g/mol. The molecule has 50 heavy (non-hydrogen) atoms. The molecular formula is C42H51N3O5. The average Bonchev–Trinajstić information content (AvgIpc) is 3.58. The van der Waals surface area contributed by atoms with E-state index in [1.165, 1.54) is 5.57 Å². The van der Waals surface area contributed by atoms with Gasteiger partial charge in [0, 0.05) is 42.2 Å². The molecule has 264 valence electrons. The lowest BCUT2D eigenvalue weighted by Crippen LogP contribution is -2.54. The van der Waals surface area contributed by atoms with Crippen LogP contribution in [0.3, 0.4) is 0 Å². The molecule has 0 amide bonds. The number of allylic oxidation sites excluding steroid dienone is 2. The number of likely N-dealkylation sites (tertiary alicyclic amines) is 1. The molecule has 4 atom stereocenters. The second-order valence-corrected chi connectivity index (χ2v) is 15.3. The Balaban J connectivity index is 1.19. The Kier molecular flexibility index (Phi) is 9.63. The quantitative estimate of drug-likeness (QED) is 0.151. The molecule has 1 aliphatic heterocycles. The van der Waals surface area contributed by atoms with E-state index in [4.69, 9.17) is 4.74 Å². The van der Waals surface area contributed by atoms with E-state index in [1.807, 2.05) is 59.2 Å². The summed E-state index contributed by atoms with van der Waals surface area (Å²) in [7, 11) is 1.62. The highest BCUT2D eigenvalue weighted by molar-refractivity contribution is 6.10. The van der Waals surface area contributed by atoms with Crippen molar-refractivity contribution < 1.29 is 19.7 Å². The molecule has 1 saturated heterocycles. The first-order valence-electron chi connectivity index (χ1n) is 18.4. The van der Waals surface area contributed by atoms with E-state index in [2.05, 4.69) is 41.9 Å². The van der Waals surface area contributed by atoms with Crippen LogP contribution in [0.1, 0.15) is 104 Å². The molecule has 4 aromatic rings. The lowest BCUT2D eigenvalue weighted by atomic mass is 9.64. The van der Waals surface area contributed by atoms with Gasteiger partial charge in [0.05, 0.1) is 29.8 Å². The summed E-state index contributed by atoms with van der Waals surface area (Å²) in [5, 5.41) is 23.8. The van der Waals surface area contributed by atoms with Crippen molar-refractivity contribution in [1.82, 2.24) is 14.5 Å². The number of ether oxygens (including phenoxy) is 1. The molecule has 2 bridgehead atoms. The standard InChI is InChI=1S/C42H51N3O5/c1-28-7-6-21-41(2)36(34-17-11-29(25-32(46)14-10-28)26-35(34)39(47)30-12-15-33(50-3)16-13-30)18-22-42(41,49)27-44-23-19-31(20-24-44)45-38-9-5-4-8-37(38)43-40(45)48/h4-5,7-9,11-13,15-17,26,31-32,36,46,49H,6,10,14,18-25,27H2,1-3H3,(H,43,48)/t32-,36-,41-,42+/m0/s1. The monoisotopic (exact) mass is 677 g/mol. The Morgan fingerprint density at radius 1 is 1.00 bits per heavy atom. The number of carbonyl (C=O) groups is 1. The van der Waals surface area contributed by atoms with E-state index in [-0.39, 0.29) is 23.4 Å². The maximum absolute atomic E-state index is 14.3. The smallest absolute Gasteiger partial charge is 0.326 e. The maximum atomic E-state index is 14.3. The first-order valence-corrected chi connectivity index (χ1v) is 18.4. The highest BCUT2D eigenvalue weighted by Gasteiger charge is 2.57. The minimum atomic E-state index is -0.962. The number of aromatic nitrogens is 2. The lowest BCUT2D eigenvalue weighted by Gasteiger charge is -2.47. The van der Waals surface area contributed by atoms with Gasteiger partial charge in [-0.15, -0.1) is 0 Å². The number of para-hydroxylation sites is 2. The van der Waals surface area contributed by atoms with Crippen molar-refractivity contribution in [2.75, 3.05) is 26.7 Å². The van der Waals surface area contributed by atoms with Crippen molar-refractivity contribution in [1.29, 1.82) is 0 Å². The number of aliphatic hydroxyl groups is 2. The van der Waals surface area contributed by atoms with Gasteiger partial charge in [0.25, 0.3) is 0 Å². The number of H-pyrrole nitrogens is 1. The maximum Gasteiger partial charge on any atom is 0.326 e. The van der Waals surface area contributed by atoms with Crippen molar-refractivity contribution in [3.05, 3.63) is 111 Å². The molecule has 2 fully saturated rings. The van der Waals surface area contributed by atoms with Gasteiger partial charge in [0.15, 0.2) is 5.78 Å². The highest BCUT2D eigenvalue weighted by atomic mass is 16.5. The van der Waals surface area contributed by atoms with Gasteiger partial charge >= 0.3 is 5.69 Å². The Bertz CT molecular complexity index is 1930. The van der Waals surface area contributed by atoms with E-state index in [1.54, 1.807) is 7.11 Å². The Hall–Kier alpha value is -3.98. The Morgan fingerprint density at radius 2 is 1.76 bits per heavy atom. The number of nitrogens with zero attached hydrogens (tertiary/aromatic N) is 2. The summed E-state index contributed by atoms with van der Waals surface area (Å²) in [6, 6.07) is 21.4. The summed E-state index contributed by atoms with van der Waals surface area (Å²) in [5.74, 6) is 0.624. The van der Waals surface area contributed by atoms with Gasteiger partial charge in [-0.25, -0.2) is 4.79 Å². The third-order valence-electron chi connectivity index (χ3n) is 12.3. The number of piperidine rings is 1. The molecule has 8 rings (SSSR count). The molecule has 3 aliphatic carbocycles. The molecule has 3 aromatic carbocycles. The summed E-state index contributed by atoms with van der Waals surface area (Å²) < 4.78 is 7.27. The summed E-state index contributed by atoms with van der Waals surface area (Å²) in [4.78, 5) is 32.7. The molecule has 4 aliphatic rings. The summed E-state index contributed by atoms with van der Waals surface area (Å²) in [5.41, 5.74) is 4.76. The molecule has 8 heteroatoms. The van der Waals surface area contributed by atoms with Gasteiger partial charge in [-0.2, -0.15) is 0 Å². The van der Waals surface area contributed by atoms with Crippen LogP contribution < -0.4 is 10.4 Å². The zero-order chi connectivity index (χ0) is 35.0. The number of methoxy groups -OCH3 is 1. The van der Waals surface area contributed by atoms with Crippen LogP contribution >= 0.6 is 0 Å². The van der Waals surface area contributed by atoms with E-state index in [9.17, 15) is 19.8 Å². The number of β-amino-alcohol motifs (C(OH)–C–C–N with tert-alkyl or cyclic N) is 1. The van der Waals surface area contributed by atoms with Crippen LogP contribution in [0.25, 0.3) is 11.0 Å². The van der Waals surface area contributed by atoms with Crippen LogP contribution in [0.2, 0.25) is 0 Å². The molecule has 0 unspecified atom stereocenters. The minimum Gasteiger partial charge on any atom is -0.497 e. The number of fused-ring (bicyclic) bond motifs is 9. The fourth-order valence-corrected chi connectivity index (χ4v) is 9.24. The van der Waals surface area contributed by atoms with Crippen LogP contribution in [0, 0.1) is 5.41 Å². The molecule has 0 spiro atoms. The number of imidazole rings is 1. The van der Waals surface area contributed by atoms with Crippen LogP contribution in [0.4, 0.5) is 0 Å². The summed E-state index contributed by atoms with van der Waals surface area (Å²) in [6.07, 6.45) is 8.48. The molecule has 1 saturated carbocycles. The minimum absolute atomic E-state index is 0.0253. The van der Waals surface area contributed by atoms with Crippen LogP contribution in [-0.2, 0) is 6.42 Å². The zero-order valence-electron chi connectivity index (χ0n) is 29.7. The third-order valence-corrected chi connectivity index (χ3v) is 12.3. The van der Waals surface area contributed by atoms with E-state index in [0.29, 0.717) is 42.7 Å². The van der Waals surface area contributed by atoms with Gasteiger partial charge in [-0.1, -0.05) is 42.8 Å². The molecule has 1 aromatic heterocycles. The van der Waals surface area contributed by atoms with Crippen molar-refractivity contribution in [2.45, 2.75) is 95.3 Å². The van der Waals surface area contributed by atoms with E-state index < -0.39 is 17.1 Å². The number of aliphatic hydroxyl groups excluding tert-OH is 1. The fraction of sp³-hybridized carbons (Fsp3) is 0.476. The molecular weight excluding hydrogens is 626 g/mol. The highest BCUT2D eigenvalue weighted by Crippen LogP contribution is 2.59. The van der Waals surface area contributed by atoms with Crippen molar-refractivity contribution in [3.8, 4) is 5.75 Å². The number of aromatic amines is 1. The van der Waals surface area contributed by atoms with Gasteiger partial charge in [-0.05, 0) is 124 Å². The normalized spacial score (nSPS) is 26.8. The third kappa shape index (κ3) is 6.49. The number of hydrogen-bond donors (Lipinski definition) is 3.